The molecule has 0 aliphatic heterocycles. The normalized spacial score (nSPS) is 10.6. The first-order valence-electron chi connectivity index (χ1n) is 5.53. The molecule has 0 spiro atoms. The van der Waals surface area contributed by atoms with E-state index in [0.29, 0.717) is 5.75 Å². The Balaban J connectivity index is 2.09. The zero-order valence-corrected chi connectivity index (χ0v) is 10.5. The molecule has 0 saturated carbocycles. The second kappa shape index (κ2) is 4.70. The Morgan fingerprint density at radius 2 is 1.95 bits per heavy atom. The maximum atomic E-state index is 6.00. The lowest BCUT2D eigenvalue weighted by molar-refractivity contribution is 0.467. The molecule has 1 aromatic carbocycles. The van der Waals surface area contributed by atoms with Crippen LogP contribution in [0, 0.1) is 0 Å². The fourth-order valence-corrected chi connectivity index (χ4v) is 1.84. The minimum Gasteiger partial charge on any atom is -0.437 e. The van der Waals surface area contributed by atoms with Crippen molar-refractivity contribution in [2.45, 2.75) is 0 Å². The summed E-state index contributed by atoms with van der Waals surface area (Å²) in [4.78, 5) is 12.0. The third kappa shape index (κ3) is 2.15. The molecule has 2 N–H and O–H groups in total. The van der Waals surface area contributed by atoms with Crippen LogP contribution < -0.4 is 10.5 Å². The van der Waals surface area contributed by atoms with E-state index in [1.54, 1.807) is 6.20 Å². The molecule has 94 valence electrons. The first-order chi connectivity index (χ1) is 9.25. The van der Waals surface area contributed by atoms with Gasteiger partial charge in [-0.2, -0.15) is 4.98 Å². The summed E-state index contributed by atoms with van der Waals surface area (Å²) in [5.41, 5.74) is 6.44. The van der Waals surface area contributed by atoms with Gasteiger partial charge in [0, 0.05) is 11.6 Å². The van der Waals surface area contributed by atoms with Crippen LogP contribution in [0.2, 0.25) is 5.02 Å². The number of nitrogens with two attached hydrogens (primary N) is 1. The number of hydrogen-bond donors (Lipinski definition) is 1. The predicted octanol–water partition coefficient (Wildman–Crippen LogP) is 3.05. The molecule has 0 amide bonds. The van der Waals surface area contributed by atoms with Gasteiger partial charge in [-0.3, -0.25) is 4.98 Å². The molecule has 5 nitrogen and oxygen atoms in total. The molecule has 0 fully saturated rings. The van der Waals surface area contributed by atoms with Crippen molar-refractivity contribution in [3.8, 4) is 11.6 Å². The molecular weight excluding hydrogens is 264 g/mol. The number of fused-ring (bicyclic) bond motifs is 1. The zero-order valence-electron chi connectivity index (χ0n) is 9.75. The van der Waals surface area contributed by atoms with Crippen molar-refractivity contribution < 1.29 is 4.74 Å². The van der Waals surface area contributed by atoms with Crippen molar-refractivity contribution >= 4 is 28.3 Å². The molecule has 3 aromatic rings. The fourth-order valence-electron chi connectivity index (χ4n) is 1.71. The van der Waals surface area contributed by atoms with E-state index >= 15 is 0 Å². The minimum atomic E-state index is 0.185. The molecule has 0 atom stereocenters. The summed E-state index contributed by atoms with van der Waals surface area (Å²) >= 11 is 6.00. The van der Waals surface area contributed by atoms with E-state index in [-0.39, 0.29) is 16.7 Å². The molecule has 0 unspecified atom stereocenters. The quantitative estimate of drug-likeness (QED) is 0.776. The molecule has 6 heteroatoms. The van der Waals surface area contributed by atoms with E-state index in [1.165, 1.54) is 6.33 Å². The molecule has 3 rings (SSSR count). The maximum absolute atomic E-state index is 6.00. The molecule has 19 heavy (non-hydrogen) atoms. The number of aromatic nitrogens is 3. The van der Waals surface area contributed by atoms with Crippen molar-refractivity contribution in [1.29, 1.82) is 0 Å². The van der Waals surface area contributed by atoms with Crippen LogP contribution in [-0.4, -0.2) is 15.0 Å². The summed E-state index contributed by atoms with van der Waals surface area (Å²) in [5.74, 6) is 1.03. The lowest BCUT2D eigenvalue weighted by Crippen LogP contribution is -1.96. The standard InChI is InChI=1S/C13H9ClN4O/c14-11-12(15)17-7-18-13(11)19-10-5-1-4-9-8(10)3-2-6-16-9/h1-7H,(H2,15,17,18). The highest BCUT2D eigenvalue weighted by atomic mass is 35.5. The smallest absolute Gasteiger partial charge is 0.243 e. The van der Waals surface area contributed by atoms with Crippen LogP contribution in [-0.2, 0) is 0 Å². The topological polar surface area (TPSA) is 73.9 Å². The van der Waals surface area contributed by atoms with E-state index in [2.05, 4.69) is 15.0 Å². The number of benzene rings is 1. The van der Waals surface area contributed by atoms with Gasteiger partial charge in [0.15, 0.2) is 0 Å². The first kappa shape index (κ1) is 11.7. The van der Waals surface area contributed by atoms with Crippen molar-refractivity contribution in [2.75, 3.05) is 5.73 Å². The average Bonchev–Trinajstić information content (AvgIpc) is 2.44. The largest absolute Gasteiger partial charge is 0.437 e. The Morgan fingerprint density at radius 3 is 2.84 bits per heavy atom. The Bertz CT molecular complexity index is 742. The summed E-state index contributed by atoms with van der Waals surface area (Å²) in [6, 6.07) is 9.32. The summed E-state index contributed by atoms with van der Waals surface area (Å²) < 4.78 is 5.70. The third-order valence-electron chi connectivity index (χ3n) is 2.60. The Kier molecular flexibility index (Phi) is 2.89. The molecule has 2 aromatic heterocycles. The van der Waals surface area contributed by atoms with Crippen molar-refractivity contribution in [2.24, 2.45) is 0 Å². The van der Waals surface area contributed by atoms with Gasteiger partial charge >= 0.3 is 0 Å². The van der Waals surface area contributed by atoms with Gasteiger partial charge in [-0.15, -0.1) is 0 Å². The summed E-state index contributed by atoms with van der Waals surface area (Å²) in [6.07, 6.45) is 3.03. The van der Waals surface area contributed by atoms with Crippen LogP contribution >= 0.6 is 11.6 Å². The van der Waals surface area contributed by atoms with Gasteiger partial charge in [-0.05, 0) is 24.3 Å². The second-order valence-corrected chi connectivity index (χ2v) is 4.18. The number of pyridine rings is 1. The predicted molar refractivity (Wildman–Crippen MR) is 73.3 cm³/mol. The van der Waals surface area contributed by atoms with Crippen LogP contribution in [0.4, 0.5) is 5.82 Å². The monoisotopic (exact) mass is 272 g/mol. The SMILES string of the molecule is Nc1ncnc(Oc2cccc3ncccc23)c1Cl. The van der Waals surface area contributed by atoms with E-state index in [1.807, 2.05) is 30.3 Å². The summed E-state index contributed by atoms with van der Waals surface area (Å²) in [7, 11) is 0. The highest BCUT2D eigenvalue weighted by Crippen LogP contribution is 2.33. The number of nitrogen functional groups attached to an aromatic ring is 1. The minimum absolute atomic E-state index is 0.185. The van der Waals surface area contributed by atoms with Crippen LogP contribution in [0.3, 0.4) is 0 Å². The number of ether oxygens (including phenoxy) is 1. The van der Waals surface area contributed by atoms with Gasteiger partial charge in [0.05, 0.1) is 5.52 Å². The Hall–Kier alpha value is -2.40. The molecule has 0 radical (unpaired) electrons. The third-order valence-corrected chi connectivity index (χ3v) is 2.95. The van der Waals surface area contributed by atoms with E-state index in [4.69, 9.17) is 22.1 Å². The molecule has 0 bridgehead atoms. The lowest BCUT2D eigenvalue weighted by atomic mass is 10.2. The molecule has 2 heterocycles. The van der Waals surface area contributed by atoms with Crippen LogP contribution in [0.5, 0.6) is 11.6 Å². The van der Waals surface area contributed by atoms with Gasteiger partial charge in [0.25, 0.3) is 0 Å². The van der Waals surface area contributed by atoms with Crippen molar-refractivity contribution in [3.05, 3.63) is 47.9 Å². The fraction of sp³-hybridized carbons (Fsp3) is 0. The van der Waals surface area contributed by atoms with Crippen molar-refractivity contribution in [1.82, 2.24) is 15.0 Å². The number of rotatable bonds is 2. The van der Waals surface area contributed by atoms with Crippen LogP contribution in [0.25, 0.3) is 10.9 Å². The maximum Gasteiger partial charge on any atom is 0.243 e. The number of halogens is 1. The van der Waals surface area contributed by atoms with Gasteiger partial charge in [-0.1, -0.05) is 17.7 Å². The lowest BCUT2D eigenvalue weighted by Gasteiger charge is -2.09. The van der Waals surface area contributed by atoms with Crippen molar-refractivity contribution in [3.63, 3.8) is 0 Å². The van der Waals surface area contributed by atoms with Crippen LogP contribution in [0.15, 0.2) is 42.9 Å². The first-order valence-corrected chi connectivity index (χ1v) is 5.91. The van der Waals surface area contributed by atoms with Gasteiger partial charge in [-0.25, -0.2) is 4.98 Å². The second-order valence-electron chi connectivity index (χ2n) is 3.81. The molecule has 0 saturated heterocycles. The summed E-state index contributed by atoms with van der Waals surface area (Å²) in [5, 5.41) is 1.07. The Morgan fingerprint density at radius 1 is 1.05 bits per heavy atom. The molecule has 0 aliphatic carbocycles. The van der Waals surface area contributed by atoms with Gasteiger partial charge in [0.2, 0.25) is 5.88 Å². The Labute approximate surface area is 114 Å². The molecular formula is C13H9ClN4O. The van der Waals surface area contributed by atoms with Gasteiger partial charge in [0.1, 0.15) is 22.9 Å². The van der Waals surface area contributed by atoms with E-state index in [0.717, 1.165) is 10.9 Å². The average molecular weight is 273 g/mol. The molecule has 0 aliphatic rings. The van der Waals surface area contributed by atoms with Gasteiger partial charge < -0.3 is 10.5 Å². The highest BCUT2D eigenvalue weighted by molar-refractivity contribution is 6.34. The van der Waals surface area contributed by atoms with E-state index < -0.39 is 0 Å². The highest BCUT2D eigenvalue weighted by Gasteiger charge is 2.10. The van der Waals surface area contributed by atoms with E-state index in [9.17, 15) is 0 Å². The number of nitrogens with zero attached hydrogens (tertiary/aromatic N) is 3. The zero-order chi connectivity index (χ0) is 13.2. The number of anilines is 1. The number of hydrogen-bond acceptors (Lipinski definition) is 5. The summed E-state index contributed by atoms with van der Waals surface area (Å²) in [6.45, 7) is 0. The van der Waals surface area contributed by atoms with Crippen LogP contribution in [0.1, 0.15) is 0 Å².